The molecule has 0 aliphatic heterocycles. The molecule has 0 spiro atoms. The summed E-state index contributed by atoms with van der Waals surface area (Å²) in [5.74, 6) is -0.952. The molecule has 0 radical (unpaired) electrons. The van der Waals surface area contributed by atoms with Crippen LogP contribution in [0.15, 0.2) is 0 Å². The fourth-order valence-corrected chi connectivity index (χ4v) is 2.09. The van der Waals surface area contributed by atoms with Gasteiger partial charge in [-0.2, -0.15) is 0 Å². The largest absolute Gasteiger partial charge is 1.00 e. The van der Waals surface area contributed by atoms with E-state index >= 15 is 0 Å². The Morgan fingerprint density at radius 3 is 2.35 bits per heavy atom. The van der Waals surface area contributed by atoms with Crippen LogP contribution in [-0.2, 0) is 14.3 Å². The molecule has 0 aromatic carbocycles. The van der Waals surface area contributed by atoms with Crippen molar-refractivity contribution < 1.29 is 49.0 Å². The van der Waals surface area contributed by atoms with Gasteiger partial charge in [-0.15, -0.1) is 0 Å². The van der Waals surface area contributed by atoms with Gasteiger partial charge in [0.2, 0.25) is 0 Å². The summed E-state index contributed by atoms with van der Waals surface area (Å²) in [5.41, 5.74) is 0. The summed E-state index contributed by atoms with van der Waals surface area (Å²) in [6, 6.07) is 0. The number of carboxylic acid groups (broad SMARTS) is 1. The first-order chi connectivity index (χ1) is 7.68. The van der Waals surface area contributed by atoms with Crippen molar-refractivity contribution in [2.24, 2.45) is 5.92 Å². The molecular formula is C12H19NaO4. The average molecular weight is 250 g/mol. The molecule has 0 aromatic heterocycles. The van der Waals surface area contributed by atoms with E-state index in [1.165, 1.54) is 32.1 Å². The summed E-state index contributed by atoms with van der Waals surface area (Å²) in [4.78, 5) is 21.2. The number of carbonyl (C=O) groups is 2. The Bertz CT molecular complexity index is 237. The minimum absolute atomic E-state index is 0. The molecule has 17 heavy (non-hydrogen) atoms. The van der Waals surface area contributed by atoms with Crippen molar-refractivity contribution in [3.63, 3.8) is 0 Å². The van der Waals surface area contributed by atoms with E-state index in [-0.39, 0.29) is 42.4 Å². The van der Waals surface area contributed by atoms with Gasteiger partial charge in [0.25, 0.3) is 0 Å². The average Bonchev–Trinajstić information content (AvgIpc) is 2.28. The van der Waals surface area contributed by atoms with Gasteiger partial charge < -0.3 is 14.6 Å². The normalized spacial score (nSPS) is 16.0. The van der Waals surface area contributed by atoms with E-state index in [1.807, 2.05) is 0 Å². The minimum Gasteiger partial charge on any atom is -0.550 e. The van der Waals surface area contributed by atoms with Gasteiger partial charge in [0.15, 0.2) is 0 Å². The van der Waals surface area contributed by atoms with Gasteiger partial charge in [-0.25, -0.2) is 0 Å². The molecule has 0 amide bonds. The van der Waals surface area contributed by atoms with Crippen molar-refractivity contribution in [1.82, 2.24) is 0 Å². The third kappa shape index (κ3) is 8.63. The first-order valence-corrected chi connectivity index (χ1v) is 6.04. The van der Waals surface area contributed by atoms with Gasteiger partial charge in [-0.3, -0.25) is 4.79 Å². The second-order valence-corrected chi connectivity index (χ2v) is 4.39. The number of carboxylic acids is 1. The van der Waals surface area contributed by atoms with E-state index in [0.29, 0.717) is 12.5 Å². The monoisotopic (exact) mass is 250 g/mol. The van der Waals surface area contributed by atoms with Crippen LogP contribution in [-0.4, -0.2) is 18.5 Å². The number of carbonyl (C=O) groups excluding carboxylic acids is 2. The number of hydrogen-bond acceptors (Lipinski definition) is 4. The van der Waals surface area contributed by atoms with E-state index in [2.05, 4.69) is 0 Å². The Labute approximate surface area is 124 Å². The molecule has 1 saturated carbocycles. The Hall–Kier alpha value is -0.0600. The van der Waals surface area contributed by atoms with Crippen molar-refractivity contribution in [3.8, 4) is 0 Å². The Balaban J connectivity index is 0.00000256. The van der Waals surface area contributed by atoms with E-state index in [1.54, 1.807) is 0 Å². The van der Waals surface area contributed by atoms with E-state index < -0.39 is 11.9 Å². The maximum atomic E-state index is 11.1. The summed E-state index contributed by atoms with van der Waals surface area (Å²) >= 11 is 0. The van der Waals surface area contributed by atoms with Gasteiger partial charge in [-0.05, 0) is 18.8 Å². The van der Waals surface area contributed by atoms with Crippen LogP contribution in [0.2, 0.25) is 0 Å². The predicted octanol–water partition coefficient (Wildman–Crippen LogP) is -1.97. The van der Waals surface area contributed by atoms with Gasteiger partial charge in [0, 0.05) is 5.97 Å². The predicted molar refractivity (Wildman–Crippen MR) is 56.4 cm³/mol. The molecule has 0 N–H and O–H groups in total. The Morgan fingerprint density at radius 2 is 1.76 bits per heavy atom. The smallest absolute Gasteiger partial charge is 0.550 e. The summed E-state index contributed by atoms with van der Waals surface area (Å²) in [5, 5.41) is 10.1. The van der Waals surface area contributed by atoms with Crippen LogP contribution in [0.25, 0.3) is 0 Å². The molecule has 0 bridgehead atoms. The zero-order chi connectivity index (χ0) is 11.8. The maximum absolute atomic E-state index is 11.1. The van der Waals surface area contributed by atoms with Gasteiger partial charge in [0.05, 0.1) is 13.0 Å². The molecule has 1 aliphatic carbocycles. The van der Waals surface area contributed by atoms with Crippen molar-refractivity contribution in [1.29, 1.82) is 0 Å². The number of ether oxygens (including phenoxy) is 1. The molecule has 0 atom stereocenters. The molecular weight excluding hydrogens is 231 g/mol. The first-order valence-electron chi connectivity index (χ1n) is 6.04. The molecule has 1 fully saturated rings. The van der Waals surface area contributed by atoms with Crippen LogP contribution in [0.5, 0.6) is 0 Å². The molecule has 92 valence electrons. The van der Waals surface area contributed by atoms with Crippen molar-refractivity contribution in [2.45, 2.75) is 51.4 Å². The number of esters is 1. The number of hydrogen-bond donors (Lipinski definition) is 0. The molecule has 0 unspecified atom stereocenters. The van der Waals surface area contributed by atoms with Gasteiger partial charge in [0.1, 0.15) is 0 Å². The van der Waals surface area contributed by atoms with Crippen LogP contribution < -0.4 is 34.7 Å². The number of rotatable bonds is 6. The third-order valence-electron chi connectivity index (χ3n) is 3.05. The van der Waals surface area contributed by atoms with Crippen LogP contribution in [0.1, 0.15) is 51.4 Å². The molecule has 0 saturated heterocycles. The summed E-state index contributed by atoms with van der Waals surface area (Å²) in [6.07, 6.45) is 6.94. The molecule has 4 nitrogen and oxygen atoms in total. The van der Waals surface area contributed by atoms with Crippen LogP contribution in [0.3, 0.4) is 0 Å². The number of aliphatic carboxylic acids is 1. The third-order valence-corrected chi connectivity index (χ3v) is 3.05. The first kappa shape index (κ1) is 16.9. The van der Waals surface area contributed by atoms with Crippen LogP contribution in [0.4, 0.5) is 0 Å². The van der Waals surface area contributed by atoms with Crippen molar-refractivity contribution in [3.05, 3.63) is 0 Å². The van der Waals surface area contributed by atoms with Crippen molar-refractivity contribution in [2.75, 3.05) is 6.61 Å². The summed E-state index contributed by atoms with van der Waals surface area (Å²) in [7, 11) is 0. The SMILES string of the molecule is O=C([O-])CCC(=O)OCCC1CCCCC1.[Na+]. The van der Waals surface area contributed by atoms with E-state index in [0.717, 1.165) is 6.42 Å². The van der Waals surface area contributed by atoms with E-state index in [4.69, 9.17) is 4.74 Å². The maximum Gasteiger partial charge on any atom is 1.00 e. The van der Waals surface area contributed by atoms with Gasteiger partial charge in [-0.1, -0.05) is 32.1 Å². The molecule has 1 aliphatic rings. The Morgan fingerprint density at radius 1 is 1.12 bits per heavy atom. The minimum atomic E-state index is -1.20. The van der Waals surface area contributed by atoms with Crippen molar-refractivity contribution >= 4 is 11.9 Å². The zero-order valence-corrected chi connectivity index (χ0v) is 12.6. The Kier molecular flexibility index (Phi) is 9.88. The van der Waals surface area contributed by atoms with Crippen LogP contribution in [0, 0.1) is 5.92 Å². The summed E-state index contributed by atoms with van der Waals surface area (Å²) in [6.45, 7) is 0.427. The van der Waals surface area contributed by atoms with Gasteiger partial charge >= 0.3 is 35.5 Å². The molecule has 0 aromatic rings. The second kappa shape index (κ2) is 9.92. The second-order valence-electron chi connectivity index (χ2n) is 4.39. The van der Waals surface area contributed by atoms with Crippen LogP contribution >= 0.6 is 0 Å². The quantitative estimate of drug-likeness (QED) is 0.405. The fraction of sp³-hybridized carbons (Fsp3) is 0.833. The fourth-order valence-electron chi connectivity index (χ4n) is 2.09. The standard InChI is InChI=1S/C12H20O4.Na/c13-11(14)6-7-12(15)16-9-8-10-4-2-1-3-5-10;/h10H,1-9H2,(H,13,14);/q;+1/p-1. The molecule has 5 heteroatoms. The topological polar surface area (TPSA) is 66.4 Å². The zero-order valence-electron chi connectivity index (χ0n) is 10.6. The summed E-state index contributed by atoms with van der Waals surface area (Å²) < 4.78 is 4.97. The van der Waals surface area contributed by atoms with E-state index in [9.17, 15) is 14.7 Å². The molecule has 1 rings (SSSR count). The molecule has 0 heterocycles.